The highest BCUT2D eigenvalue weighted by molar-refractivity contribution is 6.49. The van der Waals surface area contributed by atoms with E-state index in [2.05, 4.69) is 119 Å². The summed E-state index contributed by atoms with van der Waals surface area (Å²) in [5.41, 5.74) is 13.2. The monoisotopic (exact) mass is 541 g/mol. The predicted molar refractivity (Wildman–Crippen MR) is 176 cm³/mol. The smallest absolute Gasteiger partial charge is 0.251 e. The molecule has 0 spiro atoms. The van der Waals surface area contributed by atoms with Gasteiger partial charge in [0.25, 0.3) is 5.71 Å². The molecule has 5 aromatic carbocycles. The summed E-state index contributed by atoms with van der Waals surface area (Å²) >= 11 is 0. The van der Waals surface area contributed by atoms with Crippen LogP contribution >= 0.6 is 0 Å². The van der Waals surface area contributed by atoms with Crippen molar-refractivity contribution >= 4 is 44.2 Å². The van der Waals surface area contributed by atoms with Crippen molar-refractivity contribution in [1.82, 2.24) is 4.98 Å². The molecule has 4 nitrogen and oxygen atoms in total. The topological polar surface area (TPSA) is 62.7 Å². The van der Waals surface area contributed by atoms with Gasteiger partial charge in [-0.1, -0.05) is 91.0 Å². The minimum Gasteiger partial charge on any atom is -0.294 e. The predicted octanol–water partition coefficient (Wildman–Crippen LogP) is 7.55. The number of hydrazine groups is 1. The third-order valence-corrected chi connectivity index (χ3v) is 7.76. The summed E-state index contributed by atoms with van der Waals surface area (Å²) in [4.78, 5) is 4.27. The third-order valence-electron chi connectivity index (χ3n) is 7.76. The van der Waals surface area contributed by atoms with E-state index in [-0.39, 0.29) is 0 Å². The molecule has 0 atom stereocenters. The van der Waals surface area contributed by atoms with Crippen molar-refractivity contribution in [3.63, 3.8) is 0 Å². The molecule has 0 aliphatic heterocycles. The zero-order valence-corrected chi connectivity index (χ0v) is 23.2. The van der Waals surface area contributed by atoms with Gasteiger partial charge >= 0.3 is 0 Å². The number of fused-ring (bicyclic) bond motifs is 2. The van der Waals surface area contributed by atoms with Crippen molar-refractivity contribution in [2.75, 3.05) is 5.43 Å². The van der Waals surface area contributed by atoms with Crippen LogP contribution in [0.1, 0.15) is 11.3 Å². The van der Waals surface area contributed by atoms with E-state index in [0.29, 0.717) is 11.4 Å². The fourth-order valence-corrected chi connectivity index (χ4v) is 5.77. The number of nitrogens with one attached hydrogen (secondary N) is 3. The summed E-state index contributed by atoms with van der Waals surface area (Å²) in [6, 6.07) is 40.5. The van der Waals surface area contributed by atoms with Gasteiger partial charge in [0.05, 0.1) is 5.69 Å². The quantitative estimate of drug-likeness (QED) is 0.120. The molecular formula is C38H29N4+. The van der Waals surface area contributed by atoms with Gasteiger partial charge in [-0.15, -0.1) is 5.10 Å². The minimum atomic E-state index is 0.419. The Morgan fingerprint density at radius 1 is 0.619 bits per heavy atom. The molecule has 1 aliphatic rings. The Balaban J connectivity index is 1.22. The number of aromatic nitrogens is 1. The first kappa shape index (κ1) is 25.4. The highest BCUT2D eigenvalue weighted by Crippen LogP contribution is 2.43. The van der Waals surface area contributed by atoms with Gasteiger partial charge in [-0.3, -0.25) is 10.4 Å². The second-order valence-electron chi connectivity index (χ2n) is 10.5. The number of pyridine rings is 1. The standard InChI is InChI=1S/C38H28N4/c1-25-23-29(21-22-40-25)28-17-20-36(35(39)24-28)42-41-30-18-15-27(16-19-30)38-33-13-7-5-11-31(33)37(26-9-3-2-4-10-26)32-12-6-8-14-34(32)38/h2-24,39,41H,1H3/p+1. The van der Waals surface area contributed by atoms with Crippen molar-refractivity contribution in [3.05, 3.63) is 151 Å². The molecule has 1 aromatic heterocycles. The van der Waals surface area contributed by atoms with Gasteiger partial charge in [0, 0.05) is 18.0 Å². The van der Waals surface area contributed by atoms with E-state index in [9.17, 15) is 0 Å². The van der Waals surface area contributed by atoms with Crippen LogP contribution in [0.15, 0.2) is 140 Å². The number of hydrazone groups is 1. The number of aryl methyl sites for hydroxylation is 1. The Kier molecular flexibility index (Phi) is 6.49. The molecule has 6 aromatic rings. The van der Waals surface area contributed by atoms with Gasteiger partial charge in [-0.25, -0.2) is 0 Å². The first-order valence-electron chi connectivity index (χ1n) is 14.1. The Labute approximate surface area is 244 Å². The van der Waals surface area contributed by atoms with Crippen molar-refractivity contribution in [1.29, 1.82) is 5.41 Å². The number of hydrogen-bond acceptors (Lipinski definition) is 3. The zero-order valence-electron chi connectivity index (χ0n) is 23.2. The van der Waals surface area contributed by atoms with E-state index in [1.54, 1.807) is 6.20 Å². The van der Waals surface area contributed by atoms with Crippen LogP contribution in [0.5, 0.6) is 0 Å². The number of hydrogen-bond donors (Lipinski definition) is 3. The maximum Gasteiger partial charge on any atom is 0.251 e. The number of benzene rings is 5. The Hall–Kier alpha value is -5.61. The van der Waals surface area contributed by atoms with Crippen molar-refractivity contribution in [2.45, 2.75) is 6.92 Å². The molecule has 0 bridgehead atoms. The fraction of sp³-hybridized carbons (Fsp3) is 0.0263. The maximum absolute atomic E-state index is 8.54. The molecule has 0 saturated heterocycles. The summed E-state index contributed by atoms with van der Waals surface area (Å²) in [5, 5.41) is 16.7. The lowest BCUT2D eigenvalue weighted by atomic mass is 9.86. The zero-order chi connectivity index (χ0) is 28.5. The fourth-order valence-electron chi connectivity index (χ4n) is 5.77. The van der Waals surface area contributed by atoms with E-state index in [0.717, 1.165) is 28.1 Å². The number of anilines is 1. The molecular weight excluding hydrogens is 512 g/mol. The van der Waals surface area contributed by atoms with Crippen molar-refractivity contribution < 1.29 is 5.10 Å². The molecule has 0 amide bonds. The minimum absolute atomic E-state index is 0.419. The Bertz CT molecular complexity index is 2010. The molecule has 42 heavy (non-hydrogen) atoms. The number of nitrogens with zero attached hydrogens (tertiary/aromatic N) is 1. The summed E-state index contributed by atoms with van der Waals surface area (Å²) in [7, 11) is 0. The first-order valence-corrected chi connectivity index (χ1v) is 14.1. The van der Waals surface area contributed by atoms with Crippen LogP contribution in [0.25, 0.3) is 49.4 Å². The van der Waals surface area contributed by atoms with E-state index in [1.165, 1.54) is 38.2 Å². The molecule has 0 unspecified atom stereocenters. The summed E-state index contributed by atoms with van der Waals surface area (Å²) in [6.07, 6.45) is 7.63. The molecule has 4 heteroatoms. The molecule has 1 aliphatic carbocycles. The largest absolute Gasteiger partial charge is 0.294 e. The van der Waals surface area contributed by atoms with Crippen LogP contribution in [-0.4, -0.2) is 16.4 Å². The van der Waals surface area contributed by atoms with Crippen LogP contribution in [0.2, 0.25) is 0 Å². The van der Waals surface area contributed by atoms with E-state index < -0.39 is 0 Å². The molecule has 7 rings (SSSR count). The Morgan fingerprint density at radius 3 is 1.76 bits per heavy atom. The van der Waals surface area contributed by atoms with E-state index in [1.807, 2.05) is 37.3 Å². The van der Waals surface area contributed by atoms with Gasteiger partial charge in [0.15, 0.2) is 0 Å². The lowest BCUT2D eigenvalue weighted by Crippen LogP contribution is -2.78. The SMILES string of the molecule is Cc1cc(C2=CC(=N)C(=[NH+]Nc3ccc(-c4c5ccccc5c(-c5ccccc5)c5ccccc45)cc3)C=C2)ccn1. The molecule has 3 N–H and O–H groups in total. The third kappa shape index (κ3) is 4.69. The molecule has 1 heterocycles. The van der Waals surface area contributed by atoms with Crippen LogP contribution in [0.3, 0.4) is 0 Å². The lowest BCUT2D eigenvalue weighted by Gasteiger charge is -2.17. The van der Waals surface area contributed by atoms with Crippen LogP contribution in [-0.2, 0) is 0 Å². The van der Waals surface area contributed by atoms with Gasteiger partial charge in [-0.2, -0.15) is 5.43 Å². The summed E-state index contributed by atoms with van der Waals surface area (Å²) < 4.78 is 0. The van der Waals surface area contributed by atoms with Crippen molar-refractivity contribution in [2.24, 2.45) is 0 Å². The molecule has 200 valence electrons. The van der Waals surface area contributed by atoms with Crippen LogP contribution in [0, 0.1) is 12.3 Å². The molecule has 0 fully saturated rings. The van der Waals surface area contributed by atoms with Crippen LogP contribution in [0.4, 0.5) is 5.69 Å². The second-order valence-corrected chi connectivity index (χ2v) is 10.5. The highest BCUT2D eigenvalue weighted by atomic mass is 15.3. The first-order chi connectivity index (χ1) is 20.7. The maximum atomic E-state index is 8.54. The second kappa shape index (κ2) is 10.8. The summed E-state index contributed by atoms with van der Waals surface area (Å²) in [5.74, 6) is 0. The average Bonchev–Trinajstić information content (AvgIpc) is 3.04. The molecule has 0 radical (unpaired) electrons. The summed E-state index contributed by atoms with van der Waals surface area (Å²) in [6.45, 7) is 1.97. The average molecular weight is 542 g/mol. The van der Waals surface area contributed by atoms with Gasteiger partial charge in [0.2, 0.25) is 0 Å². The number of allylic oxidation sites excluding steroid dienone is 4. The van der Waals surface area contributed by atoms with Gasteiger partial charge in [-0.05, 0) is 98.3 Å². The van der Waals surface area contributed by atoms with Crippen molar-refractivity contribution in [3.8, 4) is 22.3 Å². The highest BCUT2D eigenvalue weighted by Gasteiger charge is 2.17. The van der Waals surface area contributed by atoms with Gasteiger partial charge < -0.3 is 0 Å². The molecule has 0 saturated carbocycles. The Morgan fingerprint density at radius 2 is 1.19 bits per heavy atom. The van der Waals surface area contributed by atoms with E-state index >= 15 is 0 Å². The number of rotatable bonds is 5. The van der Waals surface area contributed by atoms with Crippen LogP contribution < -0.4 is 10.5 Å². The van der Waals surface area contributed by atoms with Gasteiger partial charge in [0.1, 0.15) is 5.71 Å². The normalized spacial score (nSPS) is 14.0. The lowest BCUT2D eigenvalue weighted by molar-refractivity contribution is -0.416. The van der Waals surface area contributed by atoms with E-state index in [4.69, 9.17) is 5.41 Å².